The number of carboxylic acid groups (broad SMARTS) is 1. The first kappa shape index (κ1) is 12.7. The number of aryl methyl sites for hydroxylation is 1. The molecule has 0 bridgehead atoms. The van der Waals surface area contributed by atoms with E-state index in [0.717, 1.165) is 18.5 Å². The molecular formula is C16H16N2O2. The molecule has 0 saturated carbocycles. The van der Waals surface area contributed by atoms with E-state index in [2.05, 4.69) is 35.0 Å². The third kappa shape index (κ3) is 2.13. The highest BCUT2D eigenvalue weighted by molar-refractivity contribution is 5.85. The second-order valence-corrected chi connectivity index (χ2v) is 5.09. The van der Waals surface area contributed by atoms with Crippen molar-refractivity contribution in [2.45, 2.75) is 25.8 Å². The predicted molar refractivity (Wildman–Crippen MR) is 77.6 cm³/mol. The van der Waals surface area contributed by atoms with E-state index in [-0.39, 0.29) is 5.69 Å². The van der Waals surface area contributed by atoms with Gasteiger partial charge in [-0.2, -0.15) is 0 Å². The van der Waals surface area contributed by atoms with E-state index in [1.807, 2.05) is 12.1 Å². The van der Waals surface area contributed by atoms with E-state index in [1.54, 1.807) is 12.3 Å². The van der Waals surface area contributed by atoms with Crippen molar-refractivity contribution in [1.29, 1.82) is 0 Å². The van der Waals surface area contributed by atoms with Crippen molar-refractivity contribution in [3.05, 3.63) is 53.9 Å². The quantitative estimate of drug-likeness (QED) is 0.908. The van der Waals surface area contributed by atoms with E-state index in [0.29, 0.717) is 6.04 Å². The topological polar surface area (TPSA) is 53.4 Å². The molecule has 2 heterocycles. The molecule has 0 spiro atoms. The number of hydrogen-bond acceptors (Lipinski definition) is 3. The van der Waals surface area contributed by atoms with Crippen LogP contribution in [0, 0.1) is 0 Å². The molecule has 1 N–H and O–H groups in total. The number of benzene rings is 1. The zero-order valence-electron chi connectivity index (χ0n) is 11.3. The number of fused-ring (bicyclic) bond motifs is 1. The molecule has 2 aromatic rings. The summed E-state index contributed by atoms with van der Waals surface area (Å²) in [7, 11) is 0. The molecule has 0 aliphatic carbocycles. The Kier molecular flexibility index (Phi) is 3.14. The van der Waals surface area contributed by atoms with Crippen LogP contribution >= 0.6 is 0 Å². The Morgan fingerprint density at radius 1 is 1.30 bits per heavy atom. The van der Waals surface area contributed by atoms with Gasteiger partial charge in [-0.15, -0.1) is 0 Å². The Morgan fingerprint density at radius 2 is 2.10 bits per heavy atom. The highest BCUT2D eigenvalue weighted by Gasteiger charge is 2.24. The third-order valence-electron chi connectivity index (χ3n) is 3.77. The molecule has 0 saturated heterocycles. The molecule has 1 aromatic heterocycles. The smallest absolute Gasteiger partial charge is 0.354 e. The number of para-hydroxylation sites is 1. The van der Waals surface area contributed by atoms with E-state index in [9.17, 15) is 4.79 Å². The van der Waals surface area contributed by atoms with Crippen molar-refractivity contribution in [3.63, 3.8) is 0 Å². The Balaban J connectivity index is 2.02. The largest absolute Gasteiger partial charge is 0.477 e. The number of rotatable bonds is 2. The number of carbonyl (C=O) groups is 1. The second-order valence-electron chi connectivity index (χ2n) is 5.09. The highest BCUT2D eigenvalue weighted by atomic mass is 16.4. The molecule has 102 valence electrons. The molecule has 3 rings (SSSR count). The van der Waals surface area contributed by atoms with Gasteiger partial charge in [-0.1, -0.05) is 18.2 Å². The van der Waals surface area contributed by atoms with Crippen molar-refractivity contribution in [2.24, 2.45) is 0 Å². The van der Waals surface area contributed by atoms with Crippen LogP contribution in [0.15, 0.2) is 42.6 Å². The number of aromatic nitrogens is 1. The van der Waals surface area contributed by atoms with Crippen molar-refractivity contribution < 1.29 is 9.90 Å². The molecule has 1 atom stereocenters. The van der Waals surface area contributed by atoms with Crippen LogP contribution in [0.4, 0.5) is 11.4 Å². The van der Waals surface area contributed by atoms with Crippen LogP contribution in [0.3, 0.4) is 0 Å². The van der Waals surface area contributed by atoms with Crippen molar-refractivity contribution in [3.8, 4) is 0 Å². The molecular weight excluding hydrogens is 252 g/mol. The normalized spacial score (nSPS) is 17.6. The first-order valence-electron chi connectivity index (χ1n) is 6.73. The van der Waals surface area contributed by atoms with Gasteiger partial charge in [0.25, 0.3) is 0 Å². The SMILES string of the molecule is CC1CCc2ccccc2N1c1ccc(C(=O)O)nc1. The zero-order chi connectivity index (χ0) is 14.1. The Hall–Kier alpha value is -2.36. The molecule has 20 heavy (non-hydrogen) atoms. The first-order chi connectivity index (χ1) is 9.66. The summed E-state index contributed by atoms with van der Waals surface area (Å²) in [6, 6.07) is 12.1. The average molecular weight is 268 g/mol. The van der Waals surface area contributed by atoms with Crippen LogP contribution in [0.2, 0.25) is 0 Å². The minimum absolute atomic E-state index is 0.0756. The molecule has 1 aliphatic rings. The summed E-state index contributed by atoms with van der Waals surface area (Å²) >= 11 is 0. The molecule has 0 radical (unpaired) electrons. The minimum atomic E-state index is -0.997. The average Bonchev–Trinajstić information content (AvgIpc) is 2.47. The maximum absolute atomic E-state index is 10.9. The van der Waals surface area contributed by atoms with Crippen LogP contribution < -0.4 is 4.90 Å². The highest BCUT2D eigenvalue weighted by Crippen LogP contribution is 2.36. The van der Waals surface area contributed by atoms with Crippen LogP contribution in [0.25, 0.3) is 0 Å². The van der Waals surface area contributed by atoms with Gasteiger partial charge in [-0.25, -0.2) is 9.78 Å². The van der Waals surface area contributed by atoms with Gasteiger partial charge in [0.05, 0.1) is 11.9 Å². The molecule has 0 fully saturated rings. The van der Waals surface area contributed by atoms with Gasteiger partial charge < -0.3 is 10.0 Å². The van der Waals surface area contributed by atoms with Gasteiger partial charge >= 0.3 is 5.97 Å². The molecule has 1 aliphatic heterocycles. The number of anilines is 2. The lowest BCUT2D eigenvalue weighted by atomic mass is 9.96. The number of nitrogens with zero attached hydrogens (tertiary/aromatic N) is 2. The van der Waals surface area contributed by atoms with Crippen molar-refractivity contribution in [2.75, 3.05) is 4.90 Å². The van der Waals surface area contributed by atoms with Gasteiger partial charge in [-0.3, -0.25) is 0 Å². The van der Waals surface area contributed by atoms with E-state index < -0.39 is 5.97 Å². The Labute approximate surface area is 117 Å². The molecule has 0 amide bonds. The Morgan fingerprint density at radius 3 is 2.80 bits per heavy atom. The fourth-order valence-corrected chi connectivity index (χ4v) is 2.74. The van der Waals surface area contributed by atoms with Gasteiger partial charge in [-0.05, 0) is 43.5 Å². The predicted octanol–water partition coefficient (Wildman–Crippen LogP) is 3.25. The monoisotopic (exact) mass is 268 g/mol. The Bertz CT molecular complexity index is 637. The first-order valence-corrected chi connectivity index (χ1v) is 6.73. The summed E-state index contributed by atoms with van der Waals surface area (Å²) in [5.74, 6) is -0.997. The summed E-state index contributed by atoms with van der Waals surface area (Å²) in [5, 5.41) is 8.92. The number of hydrogen-bond donors (Lipinski definition) is 1. The van der Waals surface area contributed by atoms with Gasteiger partial charge in [0.2, 0.25) is 0 Å². The van der Waals surface area contributed by atoms with E-state index in [1.165, 1.54) is 11.3 Å². The minimum Gasteiger partial charge on any atom is -0.477 e. The van der Waals surface area contributed by atoms with Crippen LogP contribution in [0.1, 0.15) is 29.4 Å². The fourth-order valence-electron chi connectivity index (χ4n) is 2.74. The van der Waals surface area contributed by atoms with Crippen molar-refractivity contribution >= 4 is 17.3 Å². The number of aromatic carboxylic acids is 1. The summed E-state index contributed by atoms with van der Waals surface area (Å²) in [6.07, 6.45) is 3.80. The maximum atomic E-state index is 10.9. The summed E-state index contributed by atoms with van der Waals surface area (Å²) in [4.78, 5) is 17.1. The van der Waals surface area contributed by atoms with Crippen LogP contribution in [-0.4, -0.2) is 22.1 Å². The second kappa shape index (κ2) is 4.96. The van der Waals surface area contributed by atoms with Gasteiger partial charge in [0, 0.05) is 11.7 Å². The number of carboxylic acids is 1. The van der Waals surface area contributed by atoms with Crippen LogP contribution in [0.5, 0.6) is 0 Å². The molecule has 4 heteroatoms. The number of pyridine rings is 1. The van der Waals surface area contributed by atoms with Gasteiger partial charge in [0.15, 0.2) is 0 Å². The van der Waals surface area contributed by atoms with Crippen molar-refractivity contribution in [1.82, 2.24) is 4.98 Å². The summed E-state index contributed by atoms with van der Waals surface area (Å²) < 4.78 is 0. The molecule has 4 nitrogen and oxygen atoms in total. The lowest BCUT2D eigenvalue weighted by Crippen LogP contribution is -2.33. The fraction of sp³-hybridized carbons (Fsp3) is 0.250. The van der Waals surface area contributed by atoms with E-state index >= 15 is 0 Å². The summed E-state index contributed by atoms with van der Waals surface area (Å²) in [6.45, 7) is 2.18. The van der Waals surface area contributed by atoms with Gasteiger partial charge in [0.1, 0.15) is 5.69 Å². The lowest BCUT2D eigenvalue weighted by Gasteiger charge is -2.36. The molecule has 1 unspecified atom stereocenters. The third-order valence-corrected chi connectivity index (χ3v) is 3.77. The maximum Gasteiger partial charge on any atom is 0.354 e. The zero-order valence-corrected chi connectivity index (χ0v) is 11.3. The van der Waals surface area contributed by atoms with E-state index in [4.69, 9.17) is 5.11 Å². The lowest BCUT2D eigenvalue weighted by molar-refractivity contribution is 0.0690. The van der Waals surface area contributed by atoms with Crippen LogP contribution in [-0.2, 0) is 6.42 Å². The standard InChI is InChI=1S/C16H16N2O2/c1-11-6-7-12-4-2-3-5-15(12)18(11)13-8-9-14(16(19)20)17-10-13/h2-5,8-11H,6-7H2,1H3,(H,19,20). The summed E-state index contributed by atoms with van der Waals surface area (Å²) in [5.41, 5.74) is 3.53. The molecule has 1 aromatic carbocycles.